The minimum atomic E-state index is -0.928. The van der Waals surface area contributed by atoms with E-state index in [1.54, 1.807) is 0 Å². The number of amides is 4. The maximum atomic E-state index is 13.3. The van der Waals surface area contributed by atoms with Gasteiger partial charge < -0.3 is 35.0 Å². The van der Waals surface area contributed by atoms with E-state index in [0.717, 1.165) is 0 Å². The van der Waals surface area contributed by atoms with Gasteiger partial charge in [0, 0.05) is 27.1 Å². The predicted octanol–water partition coefficient (Wildman–Crippen LogP) is 0.893. The third-order valence-corrected chi connectivity index (χ3v) is 6.55. The van der Waals surface area contributed by atoms with Crippen LogP contribution in [0.4, 0.5) is 5.82 Å². The van der Waals surface area contributed by atoms with E-state index in [1.807, 2.05) is 27.7 Å². The molecule has 0 radical (unpaired) electrons. The van der Waals surface area contributed by atoms with Crippen LogP contribution < -0.4 is 15.5 Å². The van der Waals surface area contributed by atoms with E-state index < -0.39 is 47.7 Å². The van der Waals surface area contributed by atoms with Crippen LogP contribution in [0.1, 0.15) is 78.9 Å². The monoisotopic (exact) mass is 618 g/mol. The molecule has 16 heteroatoms. The van der Waals surface area contributed by atoms with E-state index in [0.29, 0.717) is 12.8 Å². The van der Waals surface area contributed by atoms with Crippen molar-refractivity contribution in [2.24, 2.45) is 11.8 Å². The van der Waals surface area contributed by atoms with Gasteiger partial charge in [-0.1, -0.05) is 27.7 Å². The topological polar surface area (TPSA) is 209 Å². The number of aromatic nitrogens is 4. The highest BCUT2D eigenvalue weighted by molar-refractivity contribution is 6.06. The Hall–Kier alpha value is -4.76. The average Bonchev–Trinajstić information content (AvgIpc) is 3.65. The molecule has 2 rings (SSSR count). The van der Waals surface area contributed by atoms with Gasteiger partial charge in [-0.15, -0.1) is 0 Å². The van der Waals surface area contributed by atoms with Crippen molar-refractivity contribution >= 4 is 41.4 Å². The van der Waals surface area contributed by atoms with Crippen molar-refractivity contribution in [1.82, 2.24) is 35.5 Å². The number of H-pyrrole nitrogens is 2. The molecule has 4 amide bonds. The minimum Gasteiger partial charge on any atom is -0.467 e. The molecular formula is C28H42N8O8. The van der Waals surface area contributed by atoms with Gasteiger partial charge in [0.05, 0.1) is 26.9 Å². The maximum Gasteiger partial charge on any atom is 0.328 e. The van der Waals surface area contributed by atoms with E-state index in [4.69, 9.17) is 9.47 Å². The largest absolute Gasteiger partial charge is 0.467 e. The summed E-state index contributed by atoms with van der Waals surface area (Å²) in [5, 5.41) is 5.20. The van der Waals surface area contributed by atoms with Gasteiger partial charge in [0.1, 0.15) is 23.5 Å². The highest BCUT2D eigenvalue weighted by Crippen LogP contribution is 2.18. The highest BCUT2D eigenvalue weighted by Gasteiger charge is 2.30. The minimum absolute atomic E-state index is 0.00428. The number of hydrogen-bond donors (Lipinski definition) is 4. The van der Waals surface area contributed by atoms with Crippen molar-refractivity contribution in [2.75, 3.05) is 39.3 Å². The van der Waals surface area contributed by atoms with Gasteiger partial charge in [-0.3, -0.25) is 24.1 Å². The molecule has 0 unspecified atom stereocenters. The number of imidazole rings is 2. The lowest BCUT2D eigenvalue weighted by atomic mass is 10.0. The molecule has 0 saturated heterocycles. The number of likely N-dealkylation sites (N-methyl/N-ethyl adjacent to an activating group) is 1. The van der Waals surface area contributed by atoms with Crippen molar-refractivity contribution in [2.45, 2.75) is 59.5 Å². The SMILES string of the molecule is COC(=O)[C@H](CC(C)C)NC(=O)c1nc[nH]c1C(=O)N(C)CCN(C(C)=O)c1nc[nH]c1C(=O)N[C@@H](CC(C)C)C(=O)OC. The van der Waals surface area contributed by atoms with Gasteiger partial charge in [-0.2, -0.15) is 0 Å². The lowest BCUT2D eigenvalue weighted by molar-refractivity contribution is -0.144. The van der Waals surface area contributed by atoms with Gasteiger partial charge >= 0.3 is 11.9 Å². The summed E-state index contributed by atoms with van der Waals surface area (Å²) in [4.78, 5) is 92.3. The summed E-state index contributed by atoms with van der Waals surface area (Å²) >= 11 is 0. The average molecular weight is 619 g/mol. The van der Waals surface area contributed by atoms with Crippen molar-refractivity contribution in [1.29, 1.82) is 0 Å². The summed E-state index contributed by atoms with van der Waals surface area (Å²) in [5.41, 5.74) is -0.386. The fraction of sp³-hybridized carbons (Fsp3) is 0.571. The number of nitrogens with one attached hydrogen (secondary N) is 4. The Morgan fingerprint density at radius 3 is 1.80 bits per heavy atom. The quantitative estimate of drug-likeness (QED) is 0.207. The van der Waals surface area contributed by atoms with Crippen LogP contribution in [0.2, 0.25) is 0 Å². The number of hydrogen-bond acceptors (Lipinski definition) is 10. The molecule has 0 aliphatic rings. The number of nitrogens with zero attached hydrogens (tertiary/aromatic N) is 4. The van der Waals surface area contributed by atoms with E-state index >= 15 is 0 Å². The fourth-order valence-corrected chi connectivity index (χ4v) is 4.36. The Bertz CT molecular complexity index is 1330. The molecule has 0 aliphatic carbocycles. The van der Waals surface area contributed by atoms with Gasteiger partial charge in [0.25, 0.3) is 17.7 Å². The molecule has 242 valence electrons. The van der Waals surface area contributed by atoms with Crippen LogP contribution in [-0.2, 0) is 23.9 Å². The second kappa shape index (κ2) is 16.2. The lowest BCUT2D eigenvalue weighted by Crippen LogP contribution is -2.44. The number of esters is 2. The number of aromatic amines is 2. The summed E-state index contributed by atoms with van der Waals surface area (Å²) < 4.78 is 9.59. The van der Waals surface area contributed by atoms with Gasteiger partial charge in [0.2, 0.25) is 5.91 Å². The molecule has 0 saturated carbocycles. The zero-order chi connectivity index (χ0) is 33.1. The summed E-state index contributed by atoms with van der Waals surface area (Å²) in [6.45, 7) is 8.74. The first kappa shape index (κ1) is 35.4. The summed E-state index contributed by atoms with van der Waals surface area (Å²) in [6.07, 6.45) is 3.07. The second-order valence-electron chi connectivity index (χ2n) is 11.0. The molecule has 0 aliphatic heterocycles. The van der Waals surface area contributed by atoms with Gasteiger partial charge in [-0.05, 0) is 24.7 Å². The first-order valence-electron chi connectivity index (χ1n) is 14.1. The fourth-order valence-electron chi connectivity index (χ4n) is 4.36. The molecule has 0 fully saturated rings. The molecule has 2 aromatic heterocycles. The summed E-state index contributed by atoms with van der Waals surface area (Å²) in [7, 11) is 3.91. The van der Waals surface area contributed by atoms with Crippen molar-refractivity contribution in [3.63, 3.8) is 0 Å². The molecule has 0 aromatic carbocycles. The lowest BCUT2D eigenvalue weighted by Gasteiger charge is -2.24. The van der Waals surface area contributed by atoms with Crippen LogP contribution in [0, 0.1) is 11.8 Å². The molecule has 16 nitrogen and oxygen atoms in total. The molecule has 44 heavy (non-hydrogen) atoms. The van der Waals surface area contributed by atoms with Crippen LogP contribution in [-0.4, -0.2) is 107 Å². The Kier molecular flexibility index (Phi) is 13.0. The zero-order valence-corrected chi connectivity index (χ0v) is 26.3. The van der Waals surface area contributed by atoms with E-state index in [2.05, 4.69) is 30.6 Å². The summed E-state index contributed by atoms with van der Waals surface area (Å²) in [5.74, 6) is -3.54. The Morgan fingerprint density at radius 2 is 1.30 bits per heavy atom. The van der Waals surface area contributed by atoms with Gasteiger partial charge in [0.15, 0.2) is 11.5 Å². The highest BCUT2D eigenvalue weighted by atomic mass is 16.5. The van der Waals surface area contributed by atoms with Crippen molar-refractivity contribution in [3.8, 4) is 0 Å². The standard InChI is InChI=1S/C28H42N8O8/c1-15(2)11-18(27(41)43-7)33-24(38)20-21(30-13-29-20)26(40)35(6)9-10-36(17(5)37)23-22(31-14-32-23)25(39)34-19(12-16(3)4)28(42)44-8/h13-16,18-19H,9-12H2,1-8H3,(H,29,30)(H,31,32)(H,33,38)(H,34,39)/t18-,19-/m0/s1. The smallest absolute Gasteiger partial charge is 0.328 e. The Labute approximate surface area is 255 Å². The van der Waals surface area contributed by atoms with Crippen LogP contribution in [0.15, 0.2) is 12.7 Å². The maximum absolute atomic E-state index is 13.3. The summed E-state index contributed by atoms with van der Waals surface area (Å²) in [6, 6.07) is -1.84. The second-order valence-corrected chi connectivity index (χ2v) is 11.0. The third-order valence-electron chi connectivity index (χ3n) is 6.55. The van der Waals surface area contributed by atoms with E-state index in [9.17, 15) is 28.8 Å². The normalized spacial score (nSPS) is 12.3. The van der Waals surface area contributed by atoms with Crippen LogP contribution >= 0.6 is 0 Å². The molecule has 2 heterocycles. The van der Waals surface area contributed by atoms with Gasteiger partial charge in [-0.25, -0.2) is 19.6 Å². The zero-order valence-electron chi connectivity index (χ0n) is 26.3. The van der Waals surface area contributed by atoms with Crippen LogP contribution in [0.25, 0.3) is 0 Å². The molecular weight excluding hydrogens is 576 g/mol. The van der Waals surface area contributed by atoms with Crippen LogP contribution in [0.5, 0.6) is 0 Å². The first-order chi connectivity index (χ1) is 20.7. The Morgan fingerprint density at radius 1 is 0.795 bits per heavy atom. The third kappa shape index (κ3) is 9.37. The molecule has 0 spiro atoms. The van der Waals surface area contributed by atoms with Crippen molar-refractivity contribution < 1.29 is 38.2 Å². The molecule has 0 bridgehead atoms. The predicted molar refractivity (Wildman–Crippen MR) is 158 cm³/mol. The number of ether oxygens (including phenoxy) is 2. The van der Waals surface area contributed by atoms with Crippen LogP contribution in [0.3, 0.4) is 0 Å². The van der Waals surface area contributed by atoms with Crippen molar-refractivity contribution in [3.05, 3.63) is 29.7 Å². The molecule has 4 N–H and O–H groups in total. The molecule has 2 atom stereocenters. The number of methoxy groups -OCH3 is 2. The van der Waals surface area contributed by atoms with E-state index in [-0.39, 0.29) is 47.8 Å². The number of rotatable bonds is 15. The number of carbonyl (C=O) groups excluding carboxylic acids is 6. The number of anilines is 1. The first-order valence-corrected chi connectivity index (χ1v) is 14.1. The Balaban J connectivity index is 2.18. The molecule has 2 aromatic rings. The number of carbonyl (C=O) groups is 6. The van der Waals surface area contributed by atoms with E-state index in [1.165, 1.54) is 50.6 Å².